The molecule has 2 heteroatoms. The number of rotatable bonds is 11. The van der Waals surface area contributed by atoms with E-state index < -0.39 is 0 Å². The molecule has 1 atom stereocenters. The Balaban J connectivity index is 3.51. The third kappa shape index (κ3) is 11.7. The molecule has 0 rings (SSSR count). The highest BCUT2D eigenvalue weighted by atomic mass is 16.5. The minimum Gasteiger partial charge on any atom is -0.466 e. The fourth-order valence-electron chi connectivity index (χ4n) is 2.17. The van der Waals surface area contributed by atoms with Crippen LogP contribution >= 0.6 is 0 Å². The lowest BCUT2D eigenvalue weighted by molar-refractivity contribution is -0.142. The predicted octanol–water partition coefficient (Wildman–Crippen LogP) is 4.72. The first kappa shape index (κ1) is 16.5. The molecule has 0 fully saturated rings. The third-order valence-electron chi connectivity index (χ3n) is 3.19. The monoisotopic (exact) mass is 242 g/mol. The van der Waals surface area contributed by atoms with Crippen molar-refractivity contribution in [2.45, 2.75) is 78.6 Å². The zero-order valence-electron chi connectivity index (χ0n) is 12.0. The van der Waals surface area contributed by atoms with Crippen molar-refractivity contribution < 1.29 is 9.53 Å². The Morgan fingerprint density at radius 2 is 1.59 bits per heavy atom. The summed E-state index contributed by atoms with van der Waals surface area (Å²) in [5.74, 6) is 0.434. The van der Waals surface area contributed by atoms with Crippen molar-refractivity contribution in [3.8, 4) is 0 Å². The van der Waals surface area contributed by atoms with Gasteiger partial charge in [0.2, 0.25) is 0 Å². The summed E-state index contributed by atoms with van der Waals surface area (Å²) in [4.78, 5) is 10.8. The molecular weight excluding hydrogens is 212 g/mol. The van der Waals surface area contributed by atoms with Crippen LogP contribution in [0.15, 0.2) is 0 Å². The number of esters is 1. The summed E-state index contributed by atoms with van der Waals surface area (Å²) in [5, 5.41) is 0. The Hall–Kier alpha value is -0.530. The largest absolute Gasteiger partial charge is 0.466 e. The van der Waals surface area contributed by atoms with Crippen LogP contribution in [0.2, 0.25) is 0 Å². The zero-order valence-corrected chi connectivity index (χ0v) is 12.0. The van der Waals surface area contributed by atoms with Gasteiger partial charge in [0.25, 0.3) is 0 Å². The molecule has 0 saturated heterocycles. The van der Waals surface area contributed by atoms with Gasteiger partial charge in [-0.25, -0.2) is 0 Å². The lowest BCUT2D eigenvalue weighted by Crippen LogP contribution is -2.12. The maximum Gasteiger partial charge on any atom is 0.302 e. The second kappa shape index (κ2) is 11.9. The Morgan fingerprint density at radius 1 is 0.941 bits per heavy atom. The van der Waals surface area contributed by atoms with Gasteiger partial charge in [0.1, 0.15) is 0 Å². The highest BCUT2D eigenvalue weighted by Gasteiger charge is 2.09. The Bertz CT molecular complexity index is 178. The summed E-state index contributed by atoms with van der Waals surface area (Å²) in [6, 6.07) is 0. The third-order valence-corrected chi connectivity index (χ3v) is 3.19. The second-order valence-corrected chi connectivity index (χ2v) is 5.01. The average molecular weight is 242 g/mol. The van der Waals surface area contributed by atoms with Gasteiger partial charge in [0, 0.05) is 6.92 Å². The van der Waals surface area contributed by atoms with Crippen molar-refractivity contribution in [3.63, 3.8) is 0 Å². The van der Waals surface area contributed by atoms with Gasteiger partial charge in [-0.1, -0.05) is 58.8 Å². The van der Waals surface area contributed by atoms with Crippen molar-refractivity contribution in [3.05, 3.63) is 0 Å². The van der Waals surface area contributed by atoms with Crippen molar-refractivity contribution in [1.29, 1.82) is 0 Å². The molecule has 0 saturated carbocycles. The van der Waals surface area contributed by atoms with Gasteiger partial charge in [-0.3, -0.25) is 4.79 Å². The molecule has 1 unspecified atom stereocenters. The predicted molar refractivity (Wildman–Crippen MR) is 73.0 cm³/mol. The summed E-state index contributed by atoms with van der Waals surface area (Å²) < 4.78 is 5.11. The molecule has 0 N–H and O–H groups in total. The molecule has 0 aliphatic heterocycles. The van der Waals surface area contributed by atoms with Crippen LogP contribution in [0.25, 0.3) is 0 Å². The Labute approximate surface area is 107 Å². The van der Waals surface area contributed by atoms with Gasteiger partial charge in [-0.15, -0.1) is 0 Å². The zero-order chi connectivity index (χ0) is 12.9. The molecule has 0 aliphatic carbocycles. The topological polar surface area (TPSA) is 26.3 Å². The standard InChI is InChI=1S/C15H30O2/c1-4-6-7-8-9-10-12-15(11-5-2)13-17-14(3)16/h15H,4-13H2,1-3H3. The van der Waals surface area contributed by atoms with Gasteiger partial charge in [0.15, 0.2) is 0 Å². The van der Waals surface area contributed by atoms with Gasteiger partial charge < -0.3 is 4.74 Å². The average Bonchev–Trinajstić information content (AvgIpc) is 2.30. The van der Waals surface area contributed by atoms with Gasteiger partial charge in [-0.05, 0) is 18.8 Å². The molecule has 0 aromatic carbocycles. The maximum atomic E-state index is 10.8. The van der Waals surface area contributed by atoms with E-state index in [4.69, 9.17) is 4.74 Å². The van der Waals surface area contributed by atoms with Crippen LogP contribution in [-0.2, 0) is 9.53 Å². The van der Waals surface area contributed by atoms with E-state index in [-0.39, 0.29) is 5.97 Å². The fourth-order valence-corrected chi connectivity index (χ4v) is 2.17. The molecule has 0 heterocycles. The number of hydrogen-bond acceptors (Lipinski definition) is 2. The van der Waals surface area contributed by atoms with Crippen molar-refractivity contribution in [2.24, 2.45) is 5.92 Å². The van der Waals surface area contributed by atoms with Crippen molar-refractivity contribution in [2.75, 3.05) is 6.61 Å². The molecule has 0 amide bonds. The van der Waals surface area contributed by atoms with Crippen LogP contribution < -0.4 is 0 Å². The molecule has 2 nitrogen and oxygen atoms in total. The van der Waals surface area contributed by atoms with E-state index in [2.05, 4.69) is 13.8 Å². The molecule has 0 radical (unpaired) electrons. The van der Waals surface area contributed by atoms with E-state index in [1.807, 2.05) is 0 Å². The van der Waals surface area contributed by atoms with E-state index >= 15 is 0 Å². The minimum absolute atomic E-state index is 0.144. The molecule has 0 aromatic rings. The molecule has 17 heavy (non-hydrogen) atoms. The van der Waals surface area contributed by atoms with Crippen LogP contribution in [0.1, 0.15) is 78.6 Å². The van der Waals surface area contributed by atoms with Crippen LogP contribution in [0.3, 0.4) is 0 Å². The maximum absolute atomic E-state index is 10.8. The SMILES string of the molecule is CCCCCCCCC(CCC)COC(C)=O. The molecule has 0 bridgehead atoms. The summed E-state index contributed by atoms with van der Waals surface area (Å²) in [5.41, 5.74) is 0. The first-order chi connectivity index (χ1) is 8.20. The van der Waals surface area contributed by atoms with Crippen LogP contribution in [-0.4, -0.2) is 12.6 Å². The normalized spacial score (nSPS) is 12.4. The number of ether oxygens (including phenoxy) is 1. The second-order valence-electron chi connectivity index (χ2n) is 5.01. The smallest absolute Gasteiger partial charge is 0.302 e. The minimum atomic E-state index is -0.144. The van der Waals surface area contributed by atoms with E-state index in [9.17, 15) is 4.79 Å². The van der Waals surface area contributed by atoms with Gasteiger partial charge in [0.05, 0.1) is 6.61 Å². The molecule has 0 aromatic heterocycles. The summed E-state index contributed by atoms with van der Waals surface area (Å²) >= 11 is 0. The van der Waals surface area contributed by atoms with Crippen LogP contribution in [0, 0.1) is 5.92 Å². The number of unbranched alkanes of at least 4 members (excludes halogenated alkanes) is 5. The first-order valence-electron chi connectivity index (χ1n) is 7.34. The molecule has 0 spiro atoms. The lowest BCUT2D eigenvalue weighted by Gasteiger charge is -2.15. The van der Waals surface area contributed by atoms with Crippen molar-refractivity contribution >= 4 is 5.97 Å². The number of carbonyl (C=O) groups excluding carboxylic acids is 1. The molecule has 0 aliphatic rings. The molecule has 102 valence electrons. The van der Waals surface area contributed by atoms with E-state index in [0.29, 0.717) is 12.5 Å². The Morgan fingerprint density at radius 3 is 2.18 bits per heavy atom. The number of hydrogen-bond donors (Lipinski definition) is 0. The van der Waals surface area contributed by atoms with Gasteiger partial charge in [-0.2, -0.15) is 0 Å². The van der Waals surface area contributed by atoms with E-state index in [0.717, 1.165) is 0 Å². The molecular formula is C15H30O2. The Kier molecular flexibility index (Phi) is 11.6. The summed E-state index contributed by atoms with van der Waals surface area (Å²) in [6.45, 7) is 6.56. The highest BCUT2D eigenvalue weighted by molar-refractivity contribution is 5.65. The number of carbonyl (C=O) groups is 1. The first-order valence-corrected chi connectivity index (χ1v) is 7.34. The van der Waals surface area contributed by atoms with Crippen molar-refractivity contribution in [1.82, 2.24) is 0 Å². The fraction of sp³-hybridized carbons (Fsp3) is 0.933. The van der Waals surface area contributed by atoms with Gasteiger partial charge >= 0.3 is 5.97 Å². The highest BCUT2D eigenvalue weighted by Crippen LogP contribution is 2.17. The summed E-state index contributed by atoms with van der Waals surface area (Å²) in [7, 11) is 0. The lowest BCUT2D eigenvalue weighted by atomic mass is 9.97. The van der Waals surface area contributed by atoms with E-state index in [1.54, 1.807) is 0 Å². The van der Waals surface area contributed by atoms with E-state index in [1.165, 1.54) is 64.7 Å². The quantitative estimate of drug-likeness (QED) is 0.387. The van der Waals surface area contributed by atoms with Crippen LogP contribution in [0.4, 0.5) is 0 Å². The van der Waals surface area contributed by atoms with Crippen LogP contribution in [0.5, 0.6) is 0 Å². The summed E-state index contributed by atoms with van der Waals surface area (Å²) in [6.07, 6.45) is 11.6.